The number of rotatable bonds is 5. The minimum atomic E-state index is -0.393. The van der Waals surface area contributed by atoms with E-state index in [4.69, 9.17) is 0 Å². The lowest BCUT2D eigenvalue weighted by atomic mass is 9.79. The quantitative estimate of drug-likeness (QED) is 0.663. The molecule has 0 bridgehead atoms. The molecule has 1 aromatic rings. The minimum Gasteiger partial charge on any atom is -0.197 e. The number of hydrogen-bond donors (Lipinski definition) is 0. The van der Waals surface area contributed by atoms with Gasteiger partial charge in [-0.15, -0.1) is 6.58 Å². The Morgan fingerprint density at radius 3 is 2.53 bits per heavy atom. The van der Waals surface area contributed by atoms with Crippen LogP contribution in [0.2, 0.25) is 0 Å². The lowest BCUT2D eigenvalue weighted by molar-refractivity contribution is 0.455. The van der Waals surface area contributed by atoms with Gasteiger partial charge in [-0.1, -0.05) is 49.8 Å². The maximum absolute atomic E-state index is 9.25. The summed E-state index contributed by atoms with van der Waals surface area (Å²) in [5.41, 5.74) is 0.809. The van der Waals surface area contributed by atoms with Gasteiger partial charge in [-0.25, -0.2) is 0 Å². The second-order valence-corrected chi connectivity index (χ2v) is 3.88. The van der Waals surface area contributed by atoms with E-state index >= 15 is 0 Å². The van der Waals surface area contributed by atoms with Crippen molar-refractivity contribution in [2.75, 3.05) is 0 Å². The van der Waals surface area contributed by atoms with Gasteiger partial charge in [-0.2, -0.15) is 5.26 Å². The molecule has 0 N–H and O–H groups in total. The molecule has 0 aliphatic heterocycles. The Bertz CT molecular complexity index is 347. The van der Waals surface area contributed by atoms with Gasteiger partial charge in [0.05, 0.1) is 11.5 Å². The van der Waals surface area contributed by atoms with E-state index in [0.29, 0.717) is 0 Å². The number of allylic oxidation sites excluding steroid dienone is 1. The number of nitriles is 1. The van der Waals surface area contributed by atoms with Crippen molar-refractivity contribution in [1.29, 1.82) is 5.26 Å². The fourth-order valence-electron chi connectivity index (χ4n) is 1.81. The third-order valence-electron chi connectivity index (χ3n) is 2.67. The highest BCUT2D eigenvalue weighted by Gasteiger charge is 2.25. The first-order chi connectivity index (χ1) is 7.26. The molecule has 1 atom stereocenters. The van der Waals surface area contributed by atoms with Gasteiger partial charge in [0.25, 0.3) is 0 Å². The molecule has 0 saturated carbocycles. The summed E-state index contributed by atoms with van der Waals surface area (Å²) >= 11 is 0. The van der Waals surface area contributed by atoms with Crippen LogP contribution in [0.1, 0.15) is 25.3 Å². The summed E-state index contributed by atoms with van der Waals surface area (Å²) in [6.45, 7) is 5.89. The Morgan fingerprint density at radius 2 is 2.07 bits per heavy atom. The molecule has 0 aliphatic rings. The summed E-state index contributed by atoms with van der Waals surface area (Å²) in [6, 6.07) is 12.5. The van der Waals surface area contributed by atoms with Gasteiger partial charge in [-0.3, -0.25) is 0 Å². The average molecular weight is 199 g/mol. The van der Waals surface area contributed by atoms with Gasteiger partial charge in [0, 0.05) is 0 Å². The number of benzene rings is 1. The van der Waals surface area contributed by atoms with Crippen LogP contribution < -0.4 is 0 Å². The number of nitrogens with zero attached hydrogens (tertiary/aromatic N) is 1. The SMILES string of the molecule is C=CC(C#N)(CCC)Cc1ccccc1. The van der Waals surface area contributed by atoms with Crippen molar-refractivity contribution >= 4 is 0 Å². The van der Waals surface area contributed by atoms with Crippen molar-refractivity contribution in [3.8, 4) is 6.07 Å². The van der Waals surface area contributed by atoms with Gasteiger partial charge in [0.15, 0.2) is 0 Å². The van der Waals surface area contributed by atoms with Crippen molar-refractivity contribution < 1.29 is 0 Å². The Hall–Kier alpha value is -1.55. The Labute approximate surface area is 92.1 Å². The second kappa shape index (κ2) is 5.36. The fraction of sp³-hybridized carbons (Fsp3) is 0.357. The first-order valence-electron chi connectivity index (χ1n) is 5.35. The molecule has 0 spiro atoms. The fourth-order valence-corrected chi connectivity index (χ4v) is 1.81. The summed E-state index contributed by atoms with van der Waals surface area (Å²) in [7, 11) is 0. The maximum atomic E-state index is 9.25. The Morgan fingerprint density at radius 1 is 1.40 bits per heavy atom. The van der Waals surface area contributed by atoms with Gasteiger partial charge < -0.3 is 0 Å². The van der Waals surface area contributed by atoms with Crippen LogP contribution in [0.15, 0.2) is 43.0 Å². The minimum absolute atomic E-state index is 0.393. The first kappa shape index (κ1) is 11.5. The largest absolute Gasteiger partial charge is 0.197 e. The monoisotopic (exact) mass is 199 g/mol. The van der Waals surface area contributed by atoms with E-state index in [-0.39, 0.29) is 0 Å². The summed E-state index contributed by atoms with van der Waals surface area (Å²) in [5.74, 6) is 0. The van der Waals surface area contributed by atoms with Crippen LogP contribution >= 0.6 is 0 Å². The molecule has 0 aromatic heterocycles. The summed E-state index contributed by atoms with van der Waals surface area (Å²) in [4.78, 5) is 0. The highest BCUT2D eigenvalue weighted by atomic mass is 14.4. The zero-order chi connectivity index (χ0) is 11.1. The molecule has 0 fully saturated rings. The van der Waals surface area contributed by atoms with Crippen molar-refractivity contribution in [2.24, 2.45) is 5.41 Å². The van der Waals surface area contributed by atoms with Crippen LogP contribution in [0.25, 0.3) is 0 Å². The van der Waals surface area contributed by atoms with Crippen LogP contribution in [0.3, 0.4) is 0 Å². The molecule has 1 aromatic carbocycles. The molecular weight excluding hydrogens is 182 g/mol. The average Bonchev–Trinajstić information content (AvgIpc) is 2.30. The van der Waals surface area contributed by atoms with Crippen LogP contribution in [-0.2, 0) is 6.42 Å². The standard InChI is InChI=1S/C14H17N/c1-3-10-14(4-2,12-15)11-13-8-6-5-7-9-13/h4-9H,2-3,10-11H2,1H3. The molecule has 0 radical (unpaired) electrons. The summed E-state index contributed by atoms with van der Waals surface area (Å²) in [6.07, 6.45) is 4.44. The molecule has 78 valence electrons. The maximum Gasteiger partial charge on any atom is 0.0791 e. The Balaban J connectivity index is 2.85. The van der Waals surface area contributed by atoms with Crippen LogP contribution in [0.5, 0.6) is 0 Å². The molecule has 0 aliphatic carbocycles. The van der Waals surface area contributed by atoms with Crippen LogP contribution in [0, 0.1) is 16.7 Å². The number of hydrogen-bond acceptors (Lipinski definition) is 1. The van der Waals surface area contributed by atoms with E-state index in [2.05, 4.69) is 31.7 Å². The molecule has 0 saturated heterocycles. The van der Waals surface area contributed by atoms with Crippen molar-refractivity contribution in [1.82, 2.24) is 0 Å². The molecule has 15 heavy (non-hydrogen) atoms. The van der Waals surface area contributed by atoms with Gasteiger partial charge in [0.2, 0.25) is 0 Å². The Kier molecular flexibility index (Phi) is 4.12. The van der Waals surface area contributed by atoms with E-state index in [1.54, 1.807) is 6.08 Å². The normalized spacial score (nSPS) is 13.9. The van der Waals surface area contributed by atoms with Crippen molar-refractivity contribution in [2.45, 2.75) is 26.2 Å². The van der Waals surface area contributed by atoms with Crippen molar-refractivity contribution in [3.63, 3.8) is 0 Å². The third kappa shape index (κ3) is 2.95. The molecule has 1 nitrogen and oxygen atoms in total. The van der Waals surface area contributed by atoms with Gasteiger partial charge in [-0.05, 0) is 18.4 Å². The van der Waals surface area contributed by atoms with E-state index in [1.165, 1.54) is 5.56 Å². The smallest absolute Gasteiger partial charge is 0.0791 e. The van der Waals surface area contributed by atoms with E-state index in [1.807, 2.05) is 18.2 Å². The molecule has 0 heterocycles. The van der Waals surface area contributed by atoms with Crippen LogP contribution in [0.4, 0.5) is 0 Å². The topological polar surface area (TPSA) is 23.8 Å². The molecule has 1 rings (SSSR count). The van der Waals surface area contributed by atoms with Crippen LogP contribution in [-0.4, -0.2) is 0 Å². The van der Waals surface area contributed by atoms with E-state index < -0.39 is 5.41 Å². The van der Waals surface area contributed by atoms with Gasteiger partial charge >= 0.3 is 0 Å². The summed E-state index contributed by atoms with van der Waals surface area (Å²) < 4.78 is 0. The first-order valence-corrected chi connectivity index (χ1v) is 5.35. The molecule has 1 unspecified atom stereocenters. The molecule has 0 amide bonds. The van der Waals surface area contributed by atoms with E-state index in [0.717, 1.165) is 19.3 Å². The zero-order valence-electron chi connectivity index (χ0n) is 9.24. The van der Waals surface area contributed by atoms with E-state index in [9.17, 15) is 5.26 Å². The third-order valence-corrected chi connectivity index (χ3v) is 2.67. The highest BCUT2D eigenvalue weighted by Crippen LogP contribution is 2.29. The highest BCUT2D eigenvalue weighted by molar-refractivity contribution is 5.22. The predicted molar refractivity (Wildman–Crippen MR) is 63.3 cm³/mol. The van der Waals surface area contributed by atoms with Gasteiger partial charge in [0.1, 0.15) is 0 Å². The molecular formula is C14H17N. The lowest BCUT2D eigenvalue weighted by Gasteiger charge is -2.21. The lowest BCUT2D eigenvalue weighted by Crippen LogP contribution is -2.18. The zero-order valence-corrected chi connectivity index (χ0v) is 9.24. The summed E-state index contributed by atoms with van der Waals surface area (Å²) in [5, 5.41) is 9.25. The predicted octanol–water partition coefficient (Wildman–Crippen LogP) is 3.73. The molecule has 1 heteroatoms. The van der Waals surface area contributed by atoms with Crippen molar-refractivity contribution in [3.05, 3.63) is 48.6 Å². The second-order valence-electron chi connectivity index (χ2n) is 3.88.